The van der Waals surface area contributed by atoms with Crippen LogP contribution in [-0.2, 0) is 19.7 Å². The van der Waals surface area contributed by atoms with Crippen LogP contribution in [0.3, 0.4) is 0 Å². The maximum Gasteiger partial charge on any atom is 0.410 e. The summed E-state index contributed by atoms with van der Waals surface area (Å²) in [4.78, 5) is 32.2. The Morgan fingerprint density at radius 2 is 1.91 bits per heavy atom. The summed E-state index contributed by atoms with van der Waals surface area (Å²) in [7, 11) is -2.77. The number of amides is 1. The fourth-order valence-electron chi connectivity index (χ4n) is 5.42. The van der Waals surface area contributed by atoms with E-state index in [1.54, 1.807) is 11.8 Å². The van der Waals surface area contributed by atoms with Crippen molar-refractivity contribution in [1.82, 2.24) is 18.8 Å². The Kier molecular flexibility index (Phi) is 8.81. The summed E-state index contributed by atoms with van der Waals surface area (Å²) in [6, 6.07) is 5.77. The maximum absolute atomic E-state index is 15.3. The lowest BCUT2D eigenvalue weighted by Gasteiger charge is -2.39. The molecule has 0 aliphatic carbocycles. The number of carbonyl (C=O) groups is 1. The topological polar surface area (TPSA) is 132 Å². The molecule has 244 valence electrons. The van der Waals surface area contributed by atoms with Crippen molar-refractivity contribution < 1.29 is 36.2 Å². The minimum absolute atomic E-state index is 0.0451. The summed E-state index contributed by atoms with van der Waals surface area (Å²) in [6.45, 7) is 8.41. The van der Waals surface area contributed by atoms with Gasteiger partial charge in [0.25, 0.3) is 5.56 Å². The Morgan fingerprint density at radius 3 is 2.58 bits per heavy atom. The molecule has 0 unspecified atom stereocenters. The average Bonchev–Trinajstić information content (AvgIpc) is 3.38. The van der Waals surface area contributed by atoms with Crippen LogP contribution in [0.25, 0.3) is 10.9 Å². The van der Waals surface area contributed by atoms with Gasteiger partial charge in [-0.05, 0) is 70.4 Å². The lowest BCUT2D eigenvalue weighted by atomic mass is 9.87. The van der Waals surface area contributed by atoms with Crippen LogP contribution >= 0.6 is 0 Å². The van der Waals surface area contributed by atoms with Crippen molar-refractivity contribution in [1.29, 1.82) is 0 Å². The number of carbonyl (C=O) groups excluding carboxylic acids is 1. The van der Waals surface area contributed by atoms with Gasteiger partial charge >= 0.3 is 16.3 Å². The minimum atomic E-state index is -4.08. The molecule has 0 radical (unpaired) electrons. The van der Waals surface area contributed by atoms with Gasteiger partial charge in [0.15, 0.2) is 11.6 Å². The van der Waals surface area contributed by atoms with Gasteiger partial charge in [0.05, 0.1) is 41.2 Å². The van der Waals surface area contributed by atoms with Crippen LogP contribution < -0.4 is 15.0 Å². The number of aromatic nitrogens is 2. The molecule has 5 rings (SSSR count). The minimum Gasteiger partial charge on any atom is -0.451 e. The normalized spacial score (nSPS) is 18.5. The molecule has 1 N–H and O–H groups in total. The van der Waals surface area contributed by atoms with Gasteiger partial charge in [0, 0.05) is 26.7 Å². The number of likely N-dealkylation sites (tertiary alicyclic amines) is 1. The van der Waals surface area contributed by atoms with Crippen molar-refractivity contribution in [3.8, 4) is 11.5 Å². The van der Waals surface area contributed by atoms with Gasteiger partial charge in [-0.25, -0.2) is 18.6 Å². The molecule has 2 fully saturated rings. The zero-order chi connectivity index (χ0) is 32.7. The third-order valence-electron chi connectivity index (χ3n) is 8.03. The van der Waals surface area contributed by atoms with Gasteiger partial charge in [-0.1, -0.05) is 6.92 Å². The van der Waals surface area contributed by atoms with Crippen LogP contribution in [0.4, 0.5) is 19.3 Å². The molecular weight excluding hydrogens is 612 g/mol. The van der Waals surface area contributed by atoms with Crippen LogP contribution in [0.15, 0.2) is 41.5 Å². The van der Waals surface area contributed by atoms with Gasteiger partial charge < -0.3 is 19.1 Å². The molecule has 0 bridgehead atoms. The first kappa shape index (κ1) is 32.6. The van der Waals surface area contributed by atoms with E-state index in [2.05, 4.69) is 9.71 Å². The average molecular weight is 650 g/mol. The monoisotopic (exact) mass is 649 g/mol. The number of hydrogen-bond donors (Lipinski definition) is 1. The number of nitrogens with zero attached hydrogens (tertiary/aromatic N) is 4. The van der Waals surface area contributed by atoms with E-state index in [-0.39, 0.29) is 42.0 Å². The highest BCUT2D eigenvalue weighted by atomic mass is 32.2. The molecule has 3 heterocycles. The molecular formula is C30H37F2N5O7S. The zero-order valence-corrected chi connectivity index (χ0v) is 26.6. The van der Waals surface area contributed by atoms with Crippen LogP contribution in [-0.4, -0.2) is 77.8 Å². The highest BCUT2D eigenvalue weighted by Crippen LogP contribution is 2.41. The lowest BCUT2D eigenvalue weighted by molar-refractivity contribution is -0.0486. The van der Waals surface area contributed by atoms with Crippen molar-refractivity contribution in [3.63, 3.8) is 0 Å². The summed E-state index contributed by atoms with van der Waals surface area (Å²) in [5.74, 6) is -3.19. The van der Waals surface area contributed by atoms with Crippen LogP contribution in [0.5, 0.6) is 11.5 Å². The van der Waals surface area contributed by atoms with E-state index in [1.807, 2.05) is 20.8 Å². The predicted octanol–water partition coefficient (Wildman–Crippen LogP) is 4.81. The number of nitrogens with one attached hydrogen (secondary N) is 1. The molecule has 2 aliphatic heterocycles. The van der Waals surface area contributed by atoms with Gasteiger partial charge in [0.1, 0.15) is 11.4 Å². The van der Waals surface area contributed by atoms with Gasteiger partial charge in [-0.2, -0.15) is 12.7 Å². The van der Waals surface area contributed by atoms with Crippen LogP contribution in [0.2, 0.25) is 0 Å². The fraction of sp³-hybridized carbons (Fsp3) is 0.500. The van der Waals surface area contributed by atoms with Gasteiger partial charge in [0.2, 0.25) is 5.75 Å². The second-order valence-electron chi connectivity index (χ2n) is 12.3. The fourth-order valence-corrected chi connectivity index (χ4v) is 6.35. The van der Waals surface area contributed by atoms with E-state index in [4.69, 9.17) is 14.2 Å². The SMILES string of the molecule is CCN(C)S(=O)(=O)Nc1ccc(F)c(Oc2ccc3ncn([C@@H]4COC5(CCN(C(=O)OC(C)(C)C)CC5)C4)c(=O)c3c2)c1F. The smallest absolute Gasteiger partial charge is 0.410 e. The quantitative estimate of drug-likeness (QED) is 0.386. The number of halogens is 2. The summed E-state index contributed by atoms with van der Waals surface area (Å²) < 4.78 is 76.5. The third kappa shape index (κ3) is 6.89. The van der Waals surface area contributed by atoms with Gasteiger partial charge in [-0.3, -0.25) is 14.1 Å². The van der Waals surface area contributed by atoms with Crippen molar-refractivity contribution in [2.75, 3.05) is 38.0 Å². The number of rotatable bonds is 7. The molecule has 2 aromatic carbocycles. The largest absolute Gasteiger partial charge is 0.451 e. The summed E-state index contributed by atoms with van der Waals surface area (Å²) in [5, 5.41) is 0.165. The molecule has 2 saturated heterocycles. The Hall–Kier alpha value is -3.82. The first-order valence-corrected chi connectivity index (χ1v) is 16.1. The number of piperidine rings is 1. The number of benzene rings is 2. The molecule has 2 aliphatic rings. The molecule has 3 aromatic rings. The lowest BCUT2D eigenvalue weighted by Crippen LogP contribution is -2.48. The summed E-state index contributed by atoms with van der Waals surface area (Å²) >= 11 is 0. The Balaban J connectivity index is 1.34. The predicted molar refractivity (Wildman–Crippen MR) is 163 cm³/mol. The molecule has 1 spiro atoms. The Labute approximate surface area is 260 Å². The van der Waals surface area contributed by atoms with Crippen molar-refractivity contribution in [3.05, 3.63) is 58.6 Å². The molecule has 0 saturated carbocycles. The molecule has 1 amide bonds. The van der Waals surface area contributed by atoms with E-state index >= 15 is 4.39 Å². The van der Waals surface area contributed by atoms with Crippen molar-refractivity contribution in [2.24, 2.45) is 0 Å². The molecule has 12 nitrogen and oxygen atoms in total. The third-order valence-corrected chi connectivity index (χ3v) is 9.58. The van der Waals surface area contributed by atoms with Gasteiger partial charge in [-0.15, -0.1) is 0 Å². The maximum atomic E-state index is 15.3. The van der Waals surface area contributed by atoms with Crippen molar-refractivity contribution >= 4 is 32.9 Å². The van der Waals surface area contributed by atoms with Crippen molar-refractivity contribution in [2.45, 2.75) is 64.2 Å². The zero-order valence-electron chi connectivity index (χ0n) is 25.8. The standard InChI is InChI=1S/C30H37F2N5O7S/c1-6-35(5)45(40,41)34-24-10-8-22(31)26(25(24)32)43-20-7-9-23-21(15-20)27(38)37(18-33-23)19-16-30(42-17-19)11-13-36(14-12-30)28(39)44-29(2,3)4/h7-10,15,18-19,34H,6,11-14,16-17H2,1-5H3/t19-/m0/s1. The highest BCUT2D eigenvalue weighted by molar-refractivity contribution is 7.90. The molecule has 1 aromatic heterocycles. The summed E-state index contributed by atoms with van der Waals surface area (Å²) in [5.41, 5.74) is -1.60. The molecule has 15 heteroatoms. The second kappa shape index (κ2) is 12.2. The second-order valence-corrected chi connectivity index (χ2v) is 14.1. The van der Waals surface area contributed by atoms with Crippen LogP contribution in [0, 0.1) is 11.6 Å². The number of ether oxygens (including phenoxy) is 3. The first-order valence-electron chi connectivity index (χ1n) is 14.6. The Bertz CT molecular complexity index is 1770. The number of hydrogen-bond acceptors (Lipinski definition) is 8. The molecule has 45 heavy (non-hydrogen) atoms. The molecule has 1 atom stereocenters. The van der Waals surface area contributed by atoms with E-state index in [0.717, 1.165) is 16.4 Å². The highest BCUT2D eigenvalue weighted by Gasteiger charge is 2.45. The summed E-state index contributed by atoms with van der Waals surface area (Å²) in [6.07, 6.45) is 2.83. The van der Waals surface area contributed by atoms with E-state index in [9.17, 15) is 22.4 Å². The number of anilines is 1. The first-order chi connectivity index (χ1) is 21.1. The van der Waals surface area contributed by atoms with E-state index < -0.39 is 44.5 Å². The Morgan fingerprint density at radius 1 is 1.20 bits per heavy atom. The van der Waals surface area contributed by atoms with Crippen LogP contribution in [0.1, 0.15) is 53.0 Å². The van der Waals surface area contributed by atoms with E-state index in [1.165, 1.54) is 36.1 Å². The van der Waals surface area contributed by atoms with E-state index in [0.29, 0.717) is 37.9 Å². The number of fused-ring (bicyclic) bond motifs is 1.